The number of likely N-dealkylation sites (tertiary alicyclic amines) is 1. The summed E-state index contributed by atoms with van der Waals surface area (Å²) in [5.41, 5.74) is 0.661. The van der Waals surface area contributed by atoms with Gasteiger partial charge in [0.15, 0.2) is 0 Å². The van der Waals surface area contributed by atoms with Crippen molar-refractivity contribution in [3.8, 4) is 0 Å². The first-order valence-electron chi connectivity index (χ1n) is 7.12. The zero-order valence-electron chi connectivity index (χ0n) is 11.9. The maximum Gasteiger partial charge on any atom is 0.252 e. The van der Waals surface area contributed by atoms with Crippen LogP contribution in [0.4, 0.5) is 5.95 Å². The third kappa shape index (κ3) is 2.55. The molecule has 0 bridgehead atoms. The molecule has 2 heterocycles. The third-order valence-electron chi connectivity index (χ3n) is 4.02. The first-order chi connectivity index (χ1) is 9.54. The lowest BCUT2D eigenvalue weighted by atomic mass is 10.1. The van der Waals surface area contributed by atoms with Crippen molar-refractivity contribution >= 4 is 11.9 Å². The van der Waals surface area contributed by atoms with Gasteiger partial charge < -0.3 is 9.80 Å². The molecule has 0 radical (unpaired) electrons. The quantitative estimate of drug-likeness (QED) is 0.876. The highest BCUT2D eigenvalue weighted by molar-refractivity contribution is 5.81. The van der Waals surface area contributed by atoms with E-state index in [0.717, 1.165) is 31.5 Å². The number of H-pyrrole nitrogens is 1. The van der Waals surface area contributed by atoms with Gasteiger partial charge in [0.1, 0.15) is 0 Å². The van der Waals surface area contributed by atoms with Crippen LogP contribution in [0.15, 0.2) is 10.9 Å². The van der Waals surface area contributed by atoms with E-state index in [1.54, 1.807) is 11.0 Å². The highest BCUT2D eigenvalue weighted by atomic mass is 16.2. The SMILES string of the molecule is CN(C)c1nc([C@@H]2CCN(C(=O)C3CC3)C2)cc(=O)[nH]1. The van der Waals surface area contributed by atoms with Gasteiger partial charge in [-0.2, -0.15) is 0 Å². The van der Waals surface area contributed by atoms with Crippen molar-refractivity contribution in [3.05, 3.63) is 22.1 Å². The molecule has 1 atom stereocenters. The van der Waals surface area contributed by atoms with Gasteiger partial charge in [0, 0.05) is 45.1 Å². The minimum Gasteiger partial charge on any atom is -0.348 e. The Hall–Kier alpha value is -1.85. The minimum absolute atomic E-state index is 0.134. The predicted octanol–water partition coefficient (Wildman–Crippen LogP) is 0.562. The van der Waals surface area contributed by atoms with Crippen LogP contribution in [0.1, 0.15) is 30.9 Å². The topological polar surface area (TPSA) is 69.3 Å². The number of hydrogen-bond donors (Lipinski definition) is 1. The largest absolute Gasteiger partial charge is 0.348 e. The summed E-state index contributed by atoms with van der Waals surface area (Å²) >= 11 is 0. The van der Waals surface area contributed by atoms with Crippen LogP contribution in [0.3, 0.4) is 0 Å². The van der Waals surface area contributed by atoms with E-state index in [2.05, 4.69) is 9.97 Å². The fourth-order valence-corrected chi connectivity index (χ4v) is 2.67. The van der Waals surface area contributed by atoms with E-state index in [0.29, 0.717) is 12.5 Å². The van der Waals surface area contributed by atoms with E-state index in [9.17, 15) is 9.59 Å². The molecule has 6 heteroatoms. The second-order valence-corrected chi connectivity index (χ2v) is 5.93. The number of carbonyl (C=O) groups is 1. The zero-order valence-corrected chi connectivity index (χ0v) is 11.9. The monoisotopic (exact) mass is 276 g/mol. The van der Waals surface area contributed by atoms with E-state index in [-0.39, 0.29) is 23.3 Å². The number of nitrogens with one attached hydrogen (secondary N) is 1. The van der Waals surface area contributed by atoms with Gasteiger partial charge in [-0.05, 0) is 19.3 Å². The van der Waals surface area contributed by atoms with Gasteiger partial charge in [-0.3, -0.25) is 14.6 Å². The van der Waals surface area contributed by atoms with Gasteiger partial charge in [-0.15, -0.1) is 0 Å². The molecule has 1 saturated carbocycles. The molecule has 6 nitrogen and oxygen atoms in total. The molecule has 1 aliphatic heterocycles. The number of carbonyl (C=O) groups excluding carboxylic acids is 1. The van der Waals surface area contributed by atoms with Crippen LogP contribution in [0, 0.1) is 5.92 Å². The zero-order chi connectivity index (χ0) is 14.3. The maximum atomic E-state index is 12.1. The highest BCUT2D eigenvalue weighted by Crippen LogP contribution is 2.34. The summed E-state index contributed by atoms with van der Waals surface area (Å²) in [6.07, 6.45) is 2.96. The molecular weight excluding hydrogens is 256 g/mol. The average molecular weight is 276 g/mol. The summed E-state index contributed by atoms with van der Waals surface area (Å²) in [6.45, 7) is 1.48. The number of aromatic amines is 1. The molecule has 1 saturated heterocycles. The van der Waals surface area contributed by atoms with Crippen molar-refractivity contribution in [2.24, 2.45) is 5.92 Å². The summed E-state index contributed by atoms with van der Waals surface area (Å²) in [5.74, 6) is 1.29. The fourth-order valence-electron chi connectivity index (χ4n) is 2.67. The maximum absolute atomic E-state index is 12.1. The van der Waals surface area contributed by atoms with Crippen molar-refractivity contribution in [1.29, 1.82) is 0 Å². The summed E-state index contributed by atoms with van der Waals surface area (Å²) in [6, 6.07) is 1.56. The molecule has 2 fully saturated rings. The van der Waals surface area contributed by atoms with Gasteiger partial charge in [0.05, 0.1) is 5.69 Å². The molecule has 3 rings (SSSR count). The van der Waals surface area contributed by atoms with Crippen molar-refractivity contribution in [2.75, 3.05) is 32.1 Å². The Labute approximate surface area is 117 Å². The molecule has 1 aromatic rings. The lowest BCUT2D eigenvalue weighted by Crippen LogP contribution is -2.30. The van der Waals surface area contributed by atoms with E-state index in [4.69, 9.17) is 0 Å². The molecule has 1 aliphatic carbocycles. The van der Waals surface area contributed by atoms with Crippen molar-refractivity contribution in [1.82, 2.24) is 14.9 Å². The van der Waals surface area contributed by atoms with E-state index < -0.39 is 0 Å². The fraction of sp³-hybridized carbons (Fsp3) is 0.643. The number of anilines is 1. The Balaban J connectivity index is 1.77. The standard InChI is InChI=1S/C14H20N4O2/c1-17(2)14-15-11(7-12(19)16-14)10-5-6-18(8-10)13(20)9-3-4-9/h7,9-10H,3-6,8H2,1-2H3,(H,15,16,19)/t10-/m1/s1. The minimum atomic E-state index is -0.134. The lowest BCUT2D eigenvalue weighted by Gasteiger charge is -2.17. The molecule has 1 amide bonds. The smallest absolute Gasteiger partial charge is 0.252 e. The molecule has 0 unspecified atom stereocenters. The van der Waals surface area contributed by atoms with Crippen LogP contribution in [-0.4, -0.2) is 48.0 Å². The van der Waals surface area contributed by atoms with E-state index in [1.165, 1.54) is 0 Å². The summed E-state index contributed by atoms with van der Waals surface area (Å²) in [5, 5.41) is 0. The second kappa shape index (κ2) is 4.92. The average Bonchev–Trinajstić information content (AvgIpc) is 3.14. The normalized spacial score (nSPS) is 22.1. The van der Waals surface area contributed by atoms with E-state index in [1.807, 2.05) is 19.0 Å². The Morgan fingerprint density at radius 2 is 2.15 bits per heavy atom. The van der Waals surface area contributed by atoms with E-state index >= 15 is 0 Å². The van der Waals surface area contributed by atoms with Gasteiger partial charge >= 0.3 is 0 Å². The molecule has 1 N–H and O–H groups in total. The van der Waals surface area contributed by atoms with Gasteiger partial charge in [0.2, 0.25) is 11.9 Å². The van der Waals surface area contributed by atoms with Crippen LogP contribution < -0.4 is 10.5 Å². The van der Waals surface area contributed by atoms with Gasteiger partial charge in [-0.1, -0.05) is 0 Å². The van der Waals surface area contributed by atoms with Crippen molar-refractivity contribution < 1.29 is 4.79 Å². The number of nitrogens with zero attached hydrogens (tertiary/aromatic N) is 3. The second-order valence-electron chi connectivity index (χ2n) is 5.93. The molecule has 0 aromatic carbocycles. The van der Waals surface area contributed by atoms with Gasteiger partial charge in [-0.25, -0.2) is 4.98 Å². The van der Waals surface area contributed by atoms with Crippen LogP contribution in [0.25, 0.3) is 0 Å². The van der Waals surface area contributed by atoms with Crippen molar-refractivity contribution in [3.63, 3.8) is 0 Å². The Morgan fingerprint density at radius 1 is 1.40 bits per heavy atom. The molecule has 2 aliphatic rings. The summed E-state index contributed by atoms with van der Waals surface area (Å²) in [7, 11) is 3.69. The molecule has 108 valence electrons. The molecular formula is C14H20N4O2. The molecule has 1 aromatic heterocycles. The number of aromatic nitrogens is 2. The molecule has 0 spiro atoms. The van der Waals surface area contributed by atoms with Crippen molar-refractivity contribution in [2.45, 2.75) is 25.2 Å². The Kier molecular flexibility index (Phi) is 3.23. The van der Waals surface area contributed by atoms with Gasteiger partial charge in [0.25, 0.3) is 5.56 Å². The van der Waals surface area contributed by atoms with Crippen LogP contribution in [0.5, 0.6) is 0 Å². The van der Waals surface area contributed by atoms with Crippen LogP contribution in [0.2, 0.25) is 0 Å². The Morgan fingerprint density at radius 3 is 2.80 bits per heavy atom. The number of rotatable bonds is 3. The first kappa shape index (κ1) is 13.1. The summed E-state index contributed by atoms with van der Waals surface area (Å²) in [4.78, 5) is 34.7. The van der Waals surface area contributed by atoms with Crippen LogP contribution >= 0.6 is 0 Å². The third-order valence-corrected chi connectivity index (χ3v) is 4.02. The molecule has 20 heavy (non-hydrogen) atoms. The number of hydrogen-bond acceptors (Lipinski definition) is 4. The highest BCUT2D eigenvalue weighted by Gasteiger charge is 2.37. The lowest BCUT2D eigenvalue weighted by molar-refractivity contribution is -0.131. The Bertz CT molecular complexity index is 577. The number of amides is 1. The predicted molar refractivity (Wildman–Crippen MR) is 75.8 cm³/mol. The van der Waals surface area contributed by atoms with Crippen LogP contribution in [-0.2, 0) is 4.79 Å². The first-order valence-corrected chi connectivity index (χ1v) is 7.12. The summed E-state index contributed by atoms with van der Waals surface area (Å²) < 4.78 is 0.